The van der Waals surface area contributed by atoms with Crippen LogP contribution in [-0.2, 0) is 13.6 Å². The number of H-pyrrole nitrogens is 1. The van der Waals surface area contributed by atoms with Crippen LogP contribution in [0, 0.1) is 0 Å². The van der Waals surface area contributed by atoms with Gasteiger partial charge in [-0.2, -0.15) is 20.5 Å². The van der Waals surface area contributed by atoms with Gasteiger partial charge in [-0.15, -0.1) is 0 Å². The predicted octanol–water partition coefficient (Wildman–Crippen LogP) is 0.621. The van der Waals surface area contributed by atoms with Crippen LogP contribution in [0.3, 0.4) is 0 Å². The van der Waals surface area contributed by atoms with Crippen LogP contribution in [-0.4, -0.2) is 31.1 Å². The monoisotopic (exact) mass is 256 g/mol. The Labute approximate surface area is 108 Å². The highest BCUT2D eigenvalue weighted by Gasteiger charge is 2.08. The number of nitrogens with one attached hydrogen (secondary N) is 2. The van der Waals surface area contributed by atoms with Crippen molar-refractivity contribution in [2.24, 2.45) is 7.05 Å². The molecule has 2 aromatic heterocycles. The standard InChI is InChI=1S/C12H12N6O/c1-18-7-8(6-14-18)5-13-12(19)9-2-3-10-11(4-9)16-17-15-10/h2-4,6-7H,5H2,1H3,(H,13,19)(H,15,16,17). The maximum absolute atomic E-state index is 12.0. The molecule has 96 valence electrons. The van der Waals surface area contributed by atoms with Gasteiger partial charge in [-0.25, -0.2) is 0 Å². The van der Waals surface area contributed by atoms with Crippen molar-refractivity contribution in [3.63, 3.8) is 0 Å². The third-order valence-electron chi connectivity index (χ3n) is 2.79. The average molecular weight is 256 g/mol. The van der Waals surface area contributed by atoms with Crippen LogP contribution < -0.4 is 5.32 Å². The predicted molar refractivity (Wildman–Crippen MR) is 68.3 cm³/mol. The van der Waals surface area contributed by atoms with Crippen LogP contribution >= 0.6 is 0 Å². The van der Waals surface area contributed by atoms with E-state index in [1.165, 1.54) is 0 Å². The summed E-state index contributed by atoms with van der Waals surface area (Å²) in [5.74, 6) is -0.145. The molecule has 19 heavy (non-hydrogen) atoms. The molecule has 7 nitrogen and oxygen atoms in total. The van der Waals surface area contributed by atoms with Gasteiger partial charge in [0.25, 0.3) is 5.91 Å². The highest BCUT2D eigenvalue weighted by atomic mass is 16.1. The lowest BCUT2D eigenvalue weighted by atomic mass is 10.2. The molecule has 0 bridgehead atoms. The highest BCUT2D eigenvalue weighted by molar-refractivity contribution is 5.97. The second kappa shape index (κ2) is 4.52. The summed E-state index contributed by atoms with van der Waals surface area (Å²) in [5.41, 5.74) is 2.93. The molecular weight excluding hydrogens is 244 g/mol. The summed E-state index contributed by atoms with van der Waals surface area (Å²) in [5, 5.41) is 17.3. The van der Waals surface area contributed by atoms with Crippen molar-refractivity contribution in [1.82, 2.24) is 30.5 Å². The van der Waals surface area contributed by atoms with Crippen molar-refractivity contribution < 1.29 is 4.79 Å². The van der Waals surface area contributed by atoms with E-state index in [0.29, 0.717) is 17.6 Å². The van der Waals surface area contributed by atoms with Gasteiger partial charge in [0.2, 0.25) is 0 Å². The normalized spacial score (nSPS) is 10.8. The van der Waals surface area contributed by atoms with Gasteiger partial charge in [-0.3, -0.25) is 9.48 Å². The third-order valence-corrected chi connectivity index (χ3v) is 2.79. The van der Waals surface area contributed by atoms with Gasteiger partial charge >= 0.3 is 0 Å². The van der Waals surface area contributed by atoms with E-state index in [4.69, 9.17) is 0 Å². The van der Waals surface area contributed by atoms with Crippen LogP contribution in [0.5, 0.6) is 0 Å². The van der Waals surface area contributed by atoms with Crippen molar-refractivity contribution >= 4 is 16.9 Å². The molecule has 3 rings (SSSR count). The van der Waals surface area contributed by atoms with Crippen LogP contribution in [0.2, 0.25) is 0 Å². The van der Waals surface area contributed by atoms with Crippen LogP contribution in [0.25, 0.3) is 11.0 Å². The molecule has 0 spiro atoms. The molecule has 0 aliphatic rings. The van der Waals surface area contributed by atoms with E-state index in [1.54, 1.807) is 29.1 Å². The molecule has 0 saturated heterocycles. The first-order chi connectivity index (χ1) is 9.22. The zero-order valence-electron chi connectivity index (χ0n) is 10.3. The fourth-order valence-corrected chi connectivity index (χ4v) is 1.83. The Morgan fingerprint density at radius 3 is 3.00 bits per heavy atom. The Morgan fingerprint density at radius 2 is 2.21 bits per heavy atom. The Hall–Kier alpha value is -2.70. The van der Waals surface area contributed by atoms with E-state index in [9.17, 15) is 4.79 Å². The topological polar surface area (TPSA) is 88.5 Å². The maximum atomic E-state index is 12.0. The summed E-state index contributed by atoms with van der Waals surface area (Å²) < 4.78 is 1.70. The molecule has 1 amide bonds. The Bertz CT molecular complexity index is 728. The van der Waals surface area contributed by atoms with E-state index in [2.05, 4.69) is 25.8 Å². The van der Waals surface area contributed by atoms with Crippen molar-refractivity contribution in [1.29, 1.82) is 0 Å². The number of hydrogen-bond acceptors (Lipinski definition) is 4. The fraction of sp³-hybridized carbons (Fsp3) is 0.167. The lowest BCUT2D eigenvalue weighted by molar-refractivity contribution is 0.0951. The smallest absolute Gasteiger partial charge is 0.251 e. The van der Waals surface area contributed by atoms with E-state index in [-0.39, 0.29) is 5.91 Å². The number of benzene rings is 1. The highest BCUT2D eigenvalue weighted by Crippen LogP contribution is 2.10. The first-order valence-corrected chi connectivity index (χ1v) is 5.78. The van der Waals surface area contributed by atoms with Gasteiger partial charge in [0, 0.05) is 30.9 Å². The van der Waals surface area contributed by atoms with Crippen molar-refractivity contribution in [3.8, 4) is 0 Å². The molecule has 0 fully saturated rings. The second-order valence-electron chi connectivity index (χ2n) is 4.23. The summed E-state index contributed by atoms with van der Waals surface area (Å²) in [6, 6.07) is 5.19. The third kappa shape index (κ3) is 2.30. The van der Waals surface area contributed by atoms with Crippen LogP contribution in [0.4, 0.5) is 0 Å². The first kappa shape index (κ1) is 11.4. The minimum Gasteiger partial charge on any atom is -0.348 e. The molecule has 0 saturated carbocycles. The Balaban J connectivity index is 1.72. The first-order valence-electron chi connectivity index (χ1n) is 5.78. The summed E-state index contributed by atoms with van der Waals surface area (Å²) >= 11 is 0. The van der Waals surface area contributed by atoms with Gasteiger partial charge in [0.15, 0.2) is 0 Å². The van der Waals surface area contributed by atoms with Crippen molar-refractivity contribution in [2.75, 3.05) is 0 Å². The molecule has 3 aromatic rings. The van der Waals surface area contributed by atoms with Crippen molar-refractivity contribution in [3.05, 3.63) is 41.7 Å². The summed E-state index contributed by atoms with van der Waals surface area (Å²) in [7, 11) is 1.84. The zero-order chi connectivity index (χ0) is 13.2. The van der Waals surface area contributed by atoms with Gasteiger partial charge in [0.05, 0.1) is 6.20 Å². The van der Waals surface area contributed by atoms with E-state index in [0.717, 1.165) is 11.1 Å². The largest absolute Gasteiger partial charge is 0.348 e. The Morgan fingerprint density at radius 1 is 1.37 bits per heavy atom. The number of aromatic nitrogens is 5. The maximum Gasteiger partial charge on any atom is 0.251 e. The summed E-state index contributed by atoms with van der Waals surface area (Å²) in [6.45, 7) is 0.448. The van der Waals surface area contributed by atoms with E-state index in [1.807, 2.05) is 13.2 Å². The fourth-order valence-electron chi connectivity index (χ4n) is 1.83. The van der Waals surface area contributed by atoms with Gasteiger partial charge in [0.1, 0.15) is 11.0 Å². The van der Waals surface area contributed by atoms with Gasteiger partial charge in [-0.1, -0.05) is 0 Å². The lowest BCUT2D eigenvalue weighted by Gasteiger charge is -2.03. The number of hydrogen-bond donors (Lipinski definition) is 2. The van der Waals surface area contributed by atoms with Crippen molar-refractivity contribution in [2.45, 2.75) is 6.54 Å². The minimum atomic E-state index is -0.145. The van der Waals surface area contributed by atoms with Gasteiger partial charge < -0.3 is 5.32 Å². The molecule has 0 unspecified atom stereocenters. The second-order valence-corrected chi connectivity index (χ2v) is 4.23. The molecule has 0 radical (unpaired) electrons. The van der Waals surface area contributed by atoms with Crippen LogP contribution in [0.1, 0.15) is 15.9 Å². The molecule has 2 heterocycles. The zero-order valence-corrected chi connectivity index (χ0v) is 10.3. The van der Waals surface area contributed by atoms with Gasteiger partial charge in [-0.05, 0) is 18.2 Å². The molecular formula is C12H12N6O. The average Bonchev–Trinajstić information content (AvgIpc) is 3.03. The molecule has 2 N–H and O–H groups in total. The number of carbonyl (C=O) groups excluding carboxylic acids is 1. The summed E-state index contributed by atoms with van der Waals surface area (Å²) in [6.07, 6.45) is 3.59. The van der Waals surface area contributed by atoms with E-state index >= 15 is 0 Å². The number of carbonyl (C=O) groups is 1. The molecule has 7 heteroatoms. The Kier molecular flexibility index (Phi) is 2.71. The molecule has 1 aromatic carbocycles. The number of fused-ring (bicyclic) bond motifs is 1. The lowest BCUT2D eigenvalue weighted by Crippen LogP contribution is -2.22. The van der Waals surface area contributed by atoms with E-state index < -0.39 is 0 Å². The quantitative estimate of drug-likeness (QED) is 0.719. The number of aromatic amines is 1. The minimum absolute atomic E-state index is 0.145. The molecule has 0 atom stereocenters. The molecule has 0 aliphatic carbocycles. The summed E-state index contributed by atoms with van der Waals surface area (Å²) in [4.78, 5) is 12.0. The van der Waals surface area contributed by atoms with Crippen LogP contribution in [0.15, 0.2) is 30.6 Å². The molecule has 0 aliphatic heterocycles. The number of amides is 1. The number of aryl methyl sites for hydroxylation is 1. The number of rotatable bonds is 3. The number of nitrogens with zero attached hydrogens (tertiary/aromatic N) is 4. The SMILES string of the molecule is Cn1cc(CNC(=O)c2ccc3n[nH]nc3c2)cn1.